The molecule has 0 heterocycles. The van der Waals surface area contributed by atoms with Crippen LogP contribution in [0.2, 0.25) is 0 Å². The second kappa shape index (κ2) is 5.75. The Morgan fingerprint density at radius 3 is 2.04 bits per heavy atom. The van der Waals surface area contributed by atoms with Crippen molar-refractivity contribution < 1.29 is 0 Å². The lowest BCUT2D eigenvalue weighted by atomic mass is 9.89. The fraction of sp³-hybridized carbons (Fsp3) is 0. The van der Waals surface area contributed by atoms with Gasteiger partial charge in [-0.3, -0.25) is 0 Å². The molecule has 4 aromatic carbocycles. The van der Waals surface area contributed by atoms with E-state index in [1.165, 1.54) is 44.2 Å². The van der Waals surface area contributed by atoms with E-state index >= 15 is 0 Å². The smallest absolute Gasteiger partial charge is 0.0131 e. The fourth-order valence-corrected chi connectivity index (χ4v) is 3.81. The molecule has 0 bridgehead atoms. The molecular formula is C25H17. The molecule has 1 aliphatic rings. The lowest BCUT2D eigenvalue weighted by molar-refractivity contribution is 1.52. The van der Waals surface area contributed by atoms with Crippen molar-refractivity contribution in [3.63, 3.8) is 0 Å². The van der Waals surface area contributed by atoms with Crippen molar-refractivity contribution in [3.8, 4) is 22.3 Å². The summed E-state index contributed by atoms with van der Waals surface area (Å²) >= 11 is 0. The maximum atomic E-state index is 2.24. The molecule has 0 atom stereocenters. The van der Waals surface area contributed by atoms with Gasteiger partial charge in [-0.2, -0.15) is 0 Å². The Morgan fingerprint density at radius 2 is 1.12 bits per heavy atom. The third-order valence-electron chi connectivity index (χ3n) is 4.98. The number of fused-ring (bicyclic) bond motifs is 2. The van der Waals surface area contributed by atoms with E-state index in [1.54, 1.807) is 0 Å². The van der Waals surface area contributed by atoms with Crippen molar-refractivity contribution >= 4 is 16.8 Å². The maximum Gasteiger partial charge on any atom is 0.0131 e. The molecule has 117 valence electrons. The minimum Gasteiger partial charge on any atom is -0.0754 e. The predicted molar refractivity (Wildman–Crippen MR) is 107 cm³/mol. The van der Waals surface area contributed by atoms with Gasteiger partial charge in [0.05, 0.1) is 0 Å². The minimum atomic E-state index is 1.28. The lowest BCUT2D eigenvalue weighted by Crippen LogP contribution is -1.90. The highest BCUT2D eigenvalue weighted by Crippen LogP contribution is 2.39. The lowest BCUT2D eigenvalue weighted by Gasteiger charge is -2.15. The van der Waals surface area contributed by atoms with Crippen molar-refractivity contribution in [2.24, 2.45) is 0 Å². The molecule has 25 heavy (non-hydrogen) atoms. The first-order valence-corrected chi connectivity index (χ1v) is 8.64. The Morgan fingerprint density at radius 1 is 0.480 bits per heavy atom. The summed E-state index contributed by atoms with van der Waals surface area (Å²) in [6.07, 6.45) is 6.53. The van der Waals surface area contributed by atoms with Crippen molar-refractivity contribution in [2.45, 2.75) is 0 Å². The molecule has 5 rings (SSSR count). The molecule has 0 aliphatic heterocycles. The van der Waals surface area contributed by atoms with Gasteiger partial charge in [-0.15, -0.1) is 0 Å². The van der Waals surface area contributed by atoms with Crippen LogP contribution in [0.3, 0.4) is 0 Å². The van der Waals surface area contributed by atoms with Crippen molar-refractivity contribution in [3.05, 3.63) is 109 Å². The summed E-state index contributed by atoms with van der Waals surface area (Å²) in [5.41, 5.74) is 7.77. The Labute approximate surface area is 148 Å². The number of allylic oxidation sites excluding steroid dienone is 1. The SMILES string of the molecule is [CH]1C=Cc2c1cccc2-c1ccccc1-c1cccc2ccccc12. The molecule has 0 saturated heterocycles. The summed E-state index contributed by atoms with van der Waals surface area (Å²) < 4.78 is 0. The summed E-state index contributed by atoms with van der Waals surface area (Å²) in [5.74, 6) is 0. The molecule has 0 nitrogen and oxygen atoms in total. The van der Waals surface area contributed by atoms with Crippen LogP contribution in [0.1, 0.15) is 11.1 Å². The van der Waals surface area contributed by atoms with Crippen molar-refractivity contribution in [1.82, 2.24) is 0 Å². The van der Waals surface area contributed by atoms with E-state index in [1.807, 2.05) is 0 Å². The van der Waals surface area contributed by atoms with Crippen LogP contribution in [-0.4, -0.2) is 0 Å². The second-order valence-corrected chi connectivity index (χ2v) is 6.41. The zero-order chi connectivity index (χ0) is 16.6. The van der Waals surface area contributed by atoms with E-state index in [9.17, 15) is 0 Å². The molecule has 0 amide bonds. The fourth-order valence-electron chi connectivity index (χ4n) is 3.81. The van der Waals surface area contributed by atoms with Crippen LogP contribution in [0, 0.1) is 6.42 Å². The molecule has 0 saturated carbocycles. The summed E-state index contributed by atoms with van der Waals surface area (Å²) in [4.78, 5) is 0. The molecule has 1 radical (unpaired) electrons. The minimum absolute atomic E-state index is 1.28. The van der Waals surface area contributed by atoms with Gasteiger partial charge in [0.2, 0.25) is 0 Å². The van der Waals surface area contributed by atoms with E-state index in [4.69, 9.17) is 0 Å². The average molecular weight is 317 g/mol. The molecule has 0 heteroatoms. The van der Waals surface area contributed by atoms with Crippen LogP contribution in [0.25, 0.3) is 39.1 Å². The summed E-state index contributed by atoms with van der Waals surface area (Å²) in [7, 11) is 0. The van der Waals surface area contributed by atoms with Gasteiger partial charge in [-0.1, -0.05) is 97.1 Å². The monoisotopic (exact) mass is 317 g/mol. The van der Waals surface area contributed by atoms with Crippen molar-refractivity contribution in [1.29, 1.82) is 0 Å². The quantitative estimate of drug-likeness (QED) is 0.383. The van der Waals surface area contributed by atoms with Gasteiger partial charge in [0.25, 0.3) is 0 Å². The van der Waals surface area contributed by atoms with Gasteiger partial charge in [0, 0.05) is 6.42 Å². The van der Waals surface area contributed by atoms with Crippen LogP contribution in [-0.2, 0) is 0 Å². The van der Waals surface area contributed by atoms with Crippen molar-refractivity contribution in [2.75, 3.05) is 0 Å². The largest absolute Gasteiger partial charge is 0.0754 e. The molecule has 0 N–H and O–H groups in total. The molecular weight excluding hydrogens is 300 g/mol. The Hall–Kier alpha value is -3.12. The highest BCUT2D eigenvalue weighted by atomic mass is 14.2. The molecule has 0 unspecified atom stereocenters. The van der Waals surface area contributed by atoms with E-state index < -0.39 is 0 Å². The highest BCUT2D eigenvalue weighted by Gasteiger charge is 2.15. The zero-order valence-electron chi connectivity index (χ0n) is 13.8. The number of hydrogen-bond donors (Lipinski definition) is 0. The summed E-state index contributed by atoms with van der Waals surface area (Å²) in [6, 6.07) is 30.5. The summed E-state index contributed by atoms with van der Waals surface area (Å²) in [5, 5.41) is 2.58. The van der Waals surface area contributed by atoms with Gasteiger partial charge in [0.15, 0.2) is 0 Å². The van der Waals surface area contributed by atoms with E-state index in [2.05, 4.69) is 104 Å². The second-order valence-electron chi connectivity index (χ2n) is 6.41. The Bertz CT molecular complexity index is 1110. The zero-order valence-corrected chi connectivity index (χ0v) is 13.8. The number of benzene rings is 4. The Balaban J connectivity index is 1.80. The number of rotatable bonds is 2. The average Bonchev–Trinajstić information content (AvgIpc) is 3.16. The van der Waals surface area contributed by atoms with Gasteiger partial charge in [0.1, 0.15) is 0 Å². The standard InChI is InChI=1S/C25H17/c1-2-12-20-18(8-1)10-6-16-22(20)24-13-3-4-14-25(24)23-17-7-11-19-9-5-15-21(19)23/h1-17H. The Kier molecular flexibility index (Phi) is 3.28. The first kappa shape index (κ1) is 14.2. The van der Waals surface area contributed by atoms with Gasteiger partial charge in [-0.05, 0) is 44.2 Å². The van der Waals surface area contributed by atoms with E-state index in [0.29, 0.717) is 0 Å². The normalized spacial score (nSPS) is 12.5. The van der Waals surface area contributed by atoms with Gasteiger partial charge < -0.3 is 0 Å². The third-order valence-corrected chi connectivity index (χ3v) is 4.98. The van der Waals surface area contributed by atoms with Crippen LogP contribution >= 0.6 is 0 Å². The third kappa shape index (κ3) is 2.30. The van der Waals surface area contributed by atoms with E-state index in [0.717, 1.165) is 0 Å². The van der Waals surface area contributed by atoms with Crippen LogP contribution < -0.4 is 0 Å². The topological polar surface area (TPSA) is 0 Å². The predicted octanol–water partition coefficient (Wildman–Crippen LogP) is 6.75. The molecule has 0 aromatic heterocycles. The van der Waals surface area contributed by atoms with Crippen LogP contribution in [0.4, 0.5) is 0 Å². The van der Waals surface area contributed by atoms with Crippen LogP contribution in [0.15, 0.2) is 91.0 Å². The maximum absolute atomic E-state index is 2.24. The first-order chi connectivity index (χ1) is 12.4. The van der Waals surface area contributed by atoms with E-state index in [-0.39, 0.29) is 0 Å². The molecule has 1 aliphatic carbocycles. The number of hydrogen-bond acceptors (Lipinski definition) is 0. The summed E-state index contributed by atoms with van der Waals surface area (Å²) in [6.45, 7) is 0. The highest BCUT2D eigenvalue weighted by molar-refractivity contribution is 6.01. The molecule has 0 fully saturated rings. The molecule has 0 spiro atoms. The van der Waals surface area contributed by atoms with Crippen LogP contribution in [0.5, 0.6) is 0 Å². The van der Waals surface area contributed by atoms with Gasteiger partial charge >= 0.3 is 0 Å². The molecule has 4 aromatic rings. The van der Waals surface area contributed by atoms with Gasteiger partial charge in [-0.25, -0.2) is 0 Å². The first-order valence-electron chi connectivity index (χ1n) is 8.64.